The van der Waals surface area contributed by atoms with Gasteiger partial charge in [0.1, 0.15) is 5.52 Å². The molecule has 0 saturated carbocycles. The summed E-state index contributed by atoms with van der Waals surface area (Å²) in [7, 11) is 0. The number of carbonyl (C=O) groups excluding carboxylic acids is 1. The SMILES string of the molecule is O=C(NCc1ccc(Br)cc1)c1cccc2nccnc12. The van der Waals surface area contributed by atoms with E-state index in [0.717, 1.165) is 10.0 Å². The largest absolute Gasteiger partial charge is 0.348 e. The standard InChI is InChI=1S/C16H12BrN3O/c17-12-6-4-11(5-7-12)10-20-16(21)13-2-1-3-14-15(13)19-9-8-18-14/h1-9H,10H2,(H,20,21). The van der Waals surface area contributed by atoms with Crippen molar-refractivity contribution in [1.82, 2.24) is 15.3 Å². The van der Waals surface area contributed by atoms with E-state index in [9.17, 15) is 4.79 Å². The number of para-hydroxylation sites is 1. The third-order valence-electron chi connectivity index (χ3n) is 3.11. The number of nitrogens with one attached hydrogen (secondary N) is 1. The van der Waals surface area contributed by atoms with Crippen molar-refractivity contribution in [3.63, 3.8) is 0 Å². The molecule has 0 saturated heterocycles. The summed E-state index contributed by atoms with van der Waals surface area (Å²) in [6.45, 7) is 0.475. The predicted octanol–water partition coefficient (Wildman–Crippen LogP) is 3.32. The minimum Gasteiger partial charge on any atom is -0.348 e. The summed E-state index contributed by atoms with van der Waals surface area (Å²) in [5.74, 6) is -0.149. The Kier molecular flexibility index (Phi) is 3.92. The molecule has 3 aromatic rings. The number of nitrogens with zero attached hydrogens (tertiary/aromatic N) is 2. The van der Waals surface area contributed by atoms with Crippen molar-refractivity contribution in [2.45, 2.75) is 6.54 Å². The summed E-state index contributed by atoms with van der Waals surface area (Å²) >= 11 is 3.39. The van der Waals surface area contributed by atoms with E-state index in [1.807, 2.05) is 36.4 Å². The lowest BCUT2D eigenvalue weighted by molar-refractivity contribution is 0.0952. The van der Waals surface area contributed by atoms with E-state index in [-0.39, 0.29) is 5.91 Å². The molecule has 4 nitrogen and oxygen atoms in total. The molecule has 0 spiro atoms. The van der Waals surface area contributed by atoms with Crippen LogP contribution in [0.25, 0.3) is 11.0 Å². The second-order valence-corrected chi connectivity index (χ2v) is 5.45. The third kappa shape index (κ3) is 3.08. The molecule has 0 bridgehead atoms. The lowest BCUT2D eigenvalue weighted by Gasteiger charge is -2.07. The van der Waals surface area contributed by atoms with E-state index in [2.05, 4.69) is 31.2 Å². The maximum absolute atomic E-state index is 12.3. The summed E-state index contributed by atoms with van der Waals surface area (Å²) < 4.78 is 1.02. The topological polar surface area (TPSA) is 54.9 Å². The number of hydrogen-bond acceptors (Lipinski definition) is 3. The van der Waals surface area contributed by atoms with Crippen LogP contribution in [0.3, 0.4) is 0 Å². The number of rotatable bonds is 3. The van der Waals surface area contributed by atoms with Crippen molar-refractivity contribution >= 4 is 32.9 Å². The Balaban J connectivity index is 1.79. The van der Waals surface area contributed by atoms with Gasteiger partial charge in [-0.2, -0.15) is 0 Å². The highest BCUT2D eigenvalue weighted by molar-refractivity contribution is 9.10. The molecule has 0 aliphatic rings. The first kappa shape index (κ1) is 13.7. The van der Waals surface area contributed by atoms with Crippen molar-refractivity contribution < 1.29 is 4.79 Å². The lowest BCUT2D eigenvalue weighted by Crippen LogP contribution is -2.23. The highest BCUT2D eigenvalue weighted by Crippen LogP contribution is 2.14. The normalized spacial score (nSPS) is 10.5. The van der Waals surface area contributed by atoms with E-state index in [0.29, 0.717) is 23.1 Å². The molecule has 1 amide bonds. The number of halogens is 1. The minimum absolute atomic E-state index is 0.149. The second kappa shape index (κ2) is 6.01. The fraction of sp³-hybridized carbons (Fsp3) is 0.0625. The van der Waals surface area contributed by atoms with Gasteiger partial charge in [-0.25, -0.2) is 0 Å². The van der Waals surface area contributed by atoms with Crippen molar-refractivity contribution in [2.75, 3.05) is 0 Å². The van der Waals surface area contributed by atoms with Crippen LogP contribution in [-0.2, 0) is 6.54 Å². The van der Waals surface area contributed by atoms with Gasteiger partial charge in [0, 0.05) is 23.4 Å². The van der Waals surface area contributed by atoms with Crippen LogP contribution in [0, 0.1) is 0 Å². The number of aromatic nitrogens is 2. The average molecular weight is 342 g/mol. The van der Waals surface area contributed by atoms with Gasteiger partial charge in [0.15, 0.2) is 0 Å². The molecular formula is C16H12BrN3O. The Morgan fingerprint density at radius 1 is 1.05 bits per heavy atom. The molecular weight excluding hydrogens is 330 g/mol. The number of amides is 1. The van der Waals surface area contributed by atoms with Gasteiger partial charge in [0.05, 0.1) is 11.1 Å². The first-order chi connectivity index (χ1) is 10.2. The zero-order chi connectivity index (χ0) is 14.7. The summed E-state index contributed by atoms with van der Waals surface area (Å²) in [6.07, 6.45) is 3.21. The summed E-state index contributed by atoms with van der Waals surface area (Å²) in [5, 5.41) is 2.90. The molecule has 0 fully saturated rings. The van der Waals surface area contributed by atoms with Gasteiger partial charge in [0.25, 0.3) is 5.91 Å². The van der Waals surface area contributed by atoms with Gasteiger partial charge in [-0.3, -0.25) is 14.8 Å². The average Bonchev–Trinajstić information content (AvgIpc) is 2.53. The van der Waals surface area contributed by atoms with E-state index in [1.165, 1.54) is 0 Å². The van der Waals surface area contributed by atoms with Gasteiger partial charge >= 0.3 is 0 Å². The number of carbonyl (C=O) groups is 1. The molecule has 2 aromatic carbocycles. The fourth-order valence-electron chi connectivity index (χ4n) is 2.06. The highest BCUT2D eigenvalue weighted by atomic mass is 79.9. The van der Waals surface area contributed by atoms with Crippen LogP contribution in [0.2, 0.25) is 0 Å². The lowest BCUT2D eigenvalue weighted by atomic mass is 10.1. The van der Waals surface area contributed by atoms with Crippen molar-refractivity contribution in [3.05, 3.63) is 70.5 Å². The Hall–Kier alpha value is -2.27. The van der Waals surface area contributed by atoms with Crippen molar-refractivity contribution in [1.29, 1.82) is 0 Å². The first-order valence-corrected chi connectivity index (χ1v) is 7.26. The molecule has 0 radical (unpaired) electrons. The summed E-state index contributed by atoms with van der Waals surface area (Å²) in [5.41, 5.74) is 2.91. The van der Waals surface area contributed by atoms with Crippen LogP contribution in [0.1, 0.15) is 15.9 Å². The maximum atomic E-state index is 12.3. The molecule has 0 unspecified atom stereocenters. The van der Waals surface area contributed by atoms with Gasteiger partial charge < -0.3 is 5.32 Å². The van der Waals surface area contributed by atoms with Crippen LogP contribution in [0.4, 0.5) is 0 Å². The zero-order valence-electron chi connectivity index (χ0n) is 11.1. The van der Waals surface area contributed by atoms with Gasteiger partial charge in [-0.1, -0.05) is 34.1 Å². The van der Waals surface area contributed by atoms with Crippen molar-refractivity contribution in [2.24, 2.45) is 0 Å². The number of hydrogen-bond donors (Lipinski definition) is 1. The summed E-state index contributed by atoms with van der Waals surface area (Å²) in [4.78, 5) is 20.8. The molecule has 0 aliphatic carbocycles. The van der Waals surface area contributed by atoms with Crippen LogP contribution >= 0.6 is 15.9 Å². The molecule has 1 N–H and O–H groups in total. The van der Waals surface area contributed by atoms with Gasteiger partial charge in [-0.15, -0.1) is 0 Å². The molecule has 104 valence electrons. The van der Waals surface area contributed by atoms with Crippen LogP contribution in [0.15, 0.2) is 59.3 Å². The number of benzene rings is 2. The molecule has 1 aromatic heterocycles. The predicted molar refractivity (Wildman–Crippen MR) is 84.9 cm³/mol. The Labute approximate surface area is 130 Å². The molecule has 5 heteroatoms. The van der Waals surface area contributed by atoms with Crippen LogP contribution in [0.5, 0.6) is 0 Å². The highest BCUT2D eigenvalue weighted by Gasteiger charge is 2.10. The monoisotopic (exact) mass is 341 g/mol. The fourth-order valence-corrected chi connectivity index (χ4v) is 2.32. The molecule has 0 aliphatic heterocycles. The zero-order valence-corrected chi connectivity index (χ0v) is 12.7. The van der Waals surface area contributed by atoms with Gasteiger partial charge in [0.2, 0.25) is 0 Å². The molecule has 0 atom stereocenters. The summed E-state index contributed by atoms with van der Waals surface area (Å²) in [6, 6.07) is 13.2. The van der Waals surface area contributed by atoms with Crippen LogP contribution < -0.4 is 5.32 Å². The van der Waals surface area contributed by atoms with Crippen LogP contribution in [-0.4, -0.2) is 15.9 Å². The Morgan fingerprint density at radius 3 is 2.62 bits per heavy atom. The Morgan fingerprint density at radius 2 is 1.81 bits per heavy atom. The minimum atomic E-state index is -0.149. The number of fused-ring (bicyclic) bond motifs is 1. The Bertz CT molecular complexity index is 782. The third-order valence-corrected chi connectivity index (χ3v) is 3.64. The first-order valence-electron chi connectivity index (χ1n) is 6.46. The molecule has 1 heterocycles. The van der Waals surface area contributed by atoms with E-state index >= 15 is 0 Å². The smallest absolute Gasteiger partial charge is 0.253 e. The molecule has 3 rings (SSSR count). The van der Waals surface area contributed by atoms with E-state index in [4.69, 9.17) is 0 Å². The second-order valence-electron chi connectivity index (χ2n) is 4.54. The maximum Gasteiger partial charge on any atom is 0.253 e. The van der Waals surface area contributed by atoms with E-state index in [1.54, 1.807) is 18.5 Å². The molecule has 21 heavy (non-hydrogen) atoms. The van der Waals surface area contributed by atoms with E-state index < -0.39 is 0 Å². The van der Waals surface area contributed by atoms with Crippen molar-refractivity contribution in [3.8, 4) is 0 Å². The quantitative estimate of drug-likeness (QED) is 0.794. The van der Waals surface area contributed by atoms with Gasteiger partial charge in [-0.05, 0) is 29.8 Å².